The zero-order chi connectivity index (χ0) is 22.4. The summed E-state index contributed by atoms with van der Waals surface area (Å²) >= 11 is 0. The number of aromatic nitrogens is 1. The number of carbonyl (C=O) groups is 2. The van der Waals surface area contributed by atoms with Crippen molar-refractivity contribution in [2.75, 3.05) is 17.2 Å². The Morgan fingerprint density at radius 3 is 2.55 bits per heavy atom. The molecule has 2 amide bonds. The van der Waals surface area contributed by atoms with E-state index in [1.54, 1.807) is 62.4 Å². The second kappa shape index (κ2) is 9.36. The molecule has 0 radical (unpaired) electrons. The second-order valence-corrected chi connectivity index (χ2v) is 7.43. The van der Waals surface area contributed by atoms with Gasteiger partial charge >= 0.3 is 0 Å². The molecule has 0 aliphatic heterocycles. The predicted molar refractivity (Wildman–Crippen MR) is 117 cm³/mol. The van der Waals surface area contributed by atoms with Gasteiger partial charge in [-0.25, -0.2) is 4.39 Å². The summed E-state index contributed by atoms with van der Waals surface area (Å²) in [5.41, 5.74) is 1.21. The first kappa shape index (κ1) is 21.9. The molecule has 8 heteroatoms. The summed E-state index contributed by atoms with van der Waals surface area (Å²) in [6.45, 7) is 3.07. The lowest BCUT2D eigenvalue weighted by molar-refractivity contribution is -0.115. The highest BCUT2D eigenvalue weighted by atomic mass is 19.1. The van der Waals surface area contributed by atoms with Crippen molar-refractivity contribution >= 4 is 28.9 Å². The van der Waals surface area contributed by atoms with Crippen LogP contribution in [-0.4, -0.2) is 28.4 Å². The van der Waals surface area contributed by atoms with Crippen molar-refractivity contribution in [3.05, 3.63) is 83.9 Å². The maximum Gasteiger partial charge on any atom is 0.251 e. The van der Waals surface area contributed by atoms with Crippen LogP contribution in [-0.2, 0) is 10.4 Å². The Bertz CT molecular complexity index is 1100. The number of rotatable bonds is 7. The number of halogens is 1. The van der Waals surface area contributed by atoms with Crippen molar-refractivity contribution in [1.82, 2.24) is 10.3 Å². The normalized spacial score (nSPS) is 11.0. The Morgan fingerprint density at radius 2 is 1.81 bits per heavy atom. The van der Waals surface area contributed by atoms with E-state index in [-0.39, 0.29) is 12.2 Å². The Hall–Kier alpha value is -3.78. The topological polar surface area (TPSA) is 103 Å². The molecule has 160 valence electrons. The number of amides is 2. The fourth-order valence-electron chi connectivity index (χ4n) is 2.82. The van der Waals surface area contributed by atoms with Gasteiger partial charge in [0.05, 0.1) is 24.0 Å². The lowest BCUT2D eigenvalue weighted by atomic mass is 9.98. The molecule has 0 aliphatic carbocycles. The Balaban J connectivity index is 1.58. The van der Waals surface area contributed by atoms with Crippen molar-refractivity contribution in [3.8, 4) is 0 Å². The molecule has 0 unspecified atom stereocenters. The van der Waals surface area contributed by atoms with Crippen LogP contribution in [0.2, 0.25) is 0 Å². The second-order valence-electron chi connectivity index (χ2n) is 7.43. The van der Waals surface area contributed by atoms with E-state index in [0.717, 1.165) is 6.20 Å². The first-order valence-electron chi connectivity index (χ1n) is 9.60. The summed E-state index contributed by atoms with van der Waals surface area (Å²) < 4.78 is 13.8. The van der Waals surface area contributed by atoms with Crippen molar-refractivity contribution in [2.45, 2.75) is 19.4 Å². The number of carbonyl (C=O) groups excluding carboxylic acids is 2. The van der Waals surface area contributed by atoms with Crippen LogP contribution in [0.4, 0.5) is 21.5 Å². The van der Waals surface area contributed by atoms with Gasteiger partial charge in [-0.15, -0.1) is 0 Å². The van der Waals surface area contributed by atoms with E-state index in [2.05, 4.69) is 20.9 Å². The van der Waals surface area contributed by atoms with Crippen LogP contribution >= 0.6 is 0 Å². The van der Waals surface area contributed by atoms with Crippen LogP contribution < -0.4 is 16.0 Å². The van der Waals surface area contributed by atoms with E-state index in [1.807, 2.05) is 0 Å². The number of anilines is 3. The molecule has 1 aromatic heterocycles. The maximum absolute atomic E-state index is 13.8. The van der Waals surface area contributed by atoms with Crippen LogP contribution in [0.1, 0.15) is 29.8 Å². The van der Waals surface area contributed by atoms with Crippen molar-refractivity contribution < 1.29 is 19.1 Å². The number of pyridine rings is 1. The van der Waals surface area contributed by atoms with Gasteiger partial charge in [0.15, 0.2) is 5.82 Å². The van der Waals surface area contributed by atoms with Gasteiger partial charge in [0.2, 0.25) is 5.91 Å². The molecule has 0 saturated heterocycles. The number of hydrogen-bond donors (Lipinski definition) is 4. The SMILES string of the molecule is CC(C)(O)c1cccc(NC(=O)CNC(=O)c2cccc(Nc3ccncc3F)c2)c1. The van der Waals surface area contributed by atoms with Crippen LogP contribution in [0.15, 0.2) is 67.0 Å². The molecular weight excluding hydrogens is 399 g/mol. The van der Waals surface area contributed by atoms with Crippen LogP contribution in [0, 0.1) is 5.82 Å². The van der Waals surface area contributed by atoms with Gasteiger partial charge in [-0.1, -0.05) is 18.2 Å². The third-order valence-corrected chi connectivity index (χ3v) is 4.44. The number of nitrogens with one attached hydrogen (secondary N) is 3. The average Bonchev–Trinajstić information content (AvgIpc) is 2.73. The first-order chi connectivity index (χ1) is 14.7. The van der Waals surface area contributed by atoms with Gasteiger partial charge in [0, 0.05) is 23.1 Å². The van der Waals surface area contributed by atoms with E-state index in [0.29, 0.717) is 22.5 Å². The van der Waals surface area contributed by atoms with E-state index in [4.69, 9.17) is 0 Å². The smallest absolute Gasteiger partial charge is 0.251 e. The molecule has 4 N–H and O–H groups in total. The predicted octanol–water partition coefficient (Wildman–Crippen LogP) is 3.56. The molecule has 3 aromatic rings. The molecule has 1 heterocycles. The minimum absolute atomic E-state index is 0.234. The Morgan fingerprint density at radius 1 is 1.06 bits per heavy atom. The minimum atomic E-state index is -1.03. The molecule has 0 saturated carbocycles. The maximum atomic E-state index is 13.8. The largest absolute Gasteiger partial charge is 0.386 e. The molecular formula is C23H23FN4O3. The van der Waals surface area contributed by atoms with Crippen LogP contribution in [0.5, 0.6) is 0 Å². The molecule has 0 bridgehead atoms. The highest BCUT2D eigenvalue weighted by molar-refractivity contribution is 5.99. The fourth-order valence-corrected chi connectivity index (χ4v) is 2.82. The van der Waals surface area contributed by atoms with Gasteiger partial charge < -0.3 is 21.1 Å². The van der Waals surface area contributed by atoms with E-state index in [9.17, 15) is 19.1 Å². The van der Waals surface area contributed by atoms with Crippen LogP contribution in [0.25, 0.3) is 0 Å². The van der Waals surface area contributed by atoms with Crippen molar-refractivity contribution in [1.29, 1.82) is 0 Å². The van der Waals surface area contributed by atoms with Gasteiger partial charge in [0.25, 0.3) is 5.91 Å². The summed E-state index contributed by atoms with van der Waals surface area (Å²) in [6, 6.07) is 14.8. The quantitative estimate of drug-likeness (QED) is 0.466. The Labute approximate surface area is 179 Å². The average molecular weight is 422 g/mol. The lowest BCUT2D eigenvalue weighted by Crippen LogP contribution is -2.32. The summed E-state index contributed by atoms with van der Waals surface area (Å²) in [5.74, 6) is -1.36. The molecule has 31 heavy (non-hydrogen) atoms. The molecule has 0 spiro atoms. The van der Waals surface area contributed by atoms with Gasteiger partial charge in [-0.3, -0.25) is 14.6 Å². The highest BCUT2D eigenvalue weighted by Gasteiger charge is 2.16. The summed E-state index contributed by atoms with van der Waals surface area (Å²) in [6.07, 6.45) is 2.55. The number of aliphatic hydroxyl groups is 1. The minimum Gasteiger partial charge on any atom is -0.386 e. The number of nitrogens with zero attached hydrogens (tertiary/aromatic N) is 1. The number of benzene rings is 2. The Kier molecular flexibility index (Phi) is 6.61. The van der Waals surface area contributed by atoms with Gasteiger partial charge in [-0.2, -0.15) is 0 Å². The summed E-state index contributed by atoms with van der Waals surface area (Å²) in [7, 11) is 0. The molecule has 2 aromatic carbocycles. The molecule has 0 atom stereocenters. The molecule has 0 fully saturated rings. The zero-order valence-corrected chi connectivity index (χ0v) is 17.1. The third-order valence-electron chi connectivity index (χ3n) is 4.44. The third kappa shape index (κ3) is 6.10. The first-order valence-corrected chi connectivity index (χ1v) is 9.60. The lowest BCUT2D eigenvalue weighted by Gasteiger charge is -2.18. The summed E-state index contributed by atoms with van der Waals surface area (Å²) in [5, 5.41) is 18.2. The fraction of sp³-hybridized carbons (Fsp3) is 0.174. The highest BCUT2D eigenvalue weighted by Crippen LogP contribution is 2.22. The molecule has 0 aliphatic rings. The van der Waals surface area contributed by atoms with E-state index >= 15 is 0 Å². The van der Waals surface area contributed by atoms with Crippen molar-refractivity contribution in [3.63, 3.8) is 0 Å². The number of hydrogen-bond acceptors (Lipinski definition) is 5. The zero-order valence-electron chi connectivity index (χ0n) is 17.1. The monoisotopic (exact) mass is 422 g/mol. The van der Waals surface area contributed by atoms with E-state index < -0.39 is 23.2 Å². The summed E-state index contributed by atoms with van der Waals surface area (Å²) in [4.78, 5) is 28.3. The van der Waals surface area contributed by atoms with E-state index in [1.165, 1.54) is 12.3 Å². The molecule has 7 nitrogen and oxygen atoms in total. The van der Waals surface area contributed by atoms with Gasteiger partial charge in [0.1, 0.15) is 0 Å². The molecule has 3 rings (SSSR count). The van der Waals surface area contributed by atoms with Gasteiger partial charge in [-0.05, 0) is 55.8 Å². The van der Waals surface area contributed by atoms with Crippen LogP contribution in [0.3, 0.4) is 0 Å². The standard InChI is InChI=1S/C23H23FN4O3/c1-23(2,31)16-6-4-8-18(12-16)28-21(29)14-26-22(30)15-5-3-7-17(11-15)27-20-9-10-25-13-19(20)24/h3-13,31H,14H2,1-2H3,(H,25,27)(H,26,30)(H,28,29). The van der Waals surface area contributed by atoms with Crippen molar-refractivity contribution in [2.24, 2.45) is 0 Å².